The standard InChI is InChI=1S/C12H26N2/c1-6-12(4)10-13-8-7-9-14(5)11(2)3/h11,13H,4,6-10H2,1-3,5H3. The quantitative estimate of drug-likeness (QED) is 0.475. The first kappa shape index (κ1) is 13.7. The summed E-state index contributed by atoms with van der Waals surface area (Å²) in [6, 6.07) is 0.653. The molecule has 0 atom stereocenters. The SMILES string of the molecule is C=C(CC)CNCCCN(C)C(C)C. The van der Waals surface area contributed by atoms with E-state index in [0.29, 0.717) is 6.04 Å². The average molecular weight is 198 g/mol. The molecule has 0 saturated heterocycles. The van der Waals surface area contributed by atoms with E-state index in [4.69, 9.17) is 0 Å². The van der Waals surface area contributed by atoms with Crippen LogP contribution < -0.4 is 5.32 Å². The molecular weight excluding hydrogens is 172 g/mol. The average Bonchev–Trinajstić information content (AvgIpc) is 2.16. The van der Waals surface area contributed by atoms with Crippen molar-refractivity contribution in [1.29, 1.82) is 0 Å². The Kier molecular flexibility index (Phi) is 7.81. The lowest BCUT2D eigenvalue weighted by atomic mass is 10.2. The summed E-state index contributed by atoms with van der Waals surface area (Å²) < 4.78 is 0. The Morgan fingerprint density at radius 1 is 1.43 bits per heavy atom. The van der Waals surface area contributed by atoms with Gasteiger partial charge in [-0.05, 0) is 46.8 Å². The van der Waals surface area contributed by atoms with Gasteiger partial charge in [-0.25, -0.2) is 0 Å². The fourth-order valence-electron chi connectivity index (χ4n) is 1.10. The maximum atomic E-state index is 3.96. The van der Waals surface area contributed by atoms with Crippen LogP contribution in [0.2, 0.25) is 0 Å². The van der Waals surface area contributed by atoms with Gasteiger partial charge in [-0.2, -0.15) is 0 Å². The van der Waals surface area contributed by atoms with E-state index in [2.05, 4.69) is 44.6 Å². The maximum Gasteiger partial charge on any atom is 0.0161 e. The normalized spacial score (nSPS) is 11.3. The second-order valence-corrected chi connectivity index (χ2v) is 4.21. The van der Waals surface area contributed by atoms with E-state index in [0.717, 1.165) is 19.5 Å². The Balaban J connectivity index is 3.25. The van der Waals surface area contributed by atoms with Crippen molar-refractivity contribution in [2.75, 3.05) is 26.7 Å². The second-order valence-electron chi connectivity index (χ2n) is 4.21. The third-order valence-corrected chi connectivity index (χ3v) is 2.62. The number of hydrogen-bond acceptors (Lipinski definition) is 2. The monoisotopic (exact) mass is 198 g/mol. The van der Waals surface area contributed by atoms with E-state index >= 15 is 0 Å². The Morgan fingerprint density at radius 3 is 2.57 bits per heavy atom. The molecule has 0 radical (unpaired) electrons. The molecule has 0 heterocycles. The summed E-state index contributed by atoms with van der Waals surface area (Å²) in [6.07, 6.45) is 2.30. The van der Waals surface area contributed by atoms with E-state index in [-0.39, 0.29) is 0 Å². The molecular formula is C12H26N2. The molecule has 2 nitrogen and oxygen atoms in total. The summed E-state index contributed by atoms with van der Waals surface area (Å²) in [4.78, 5) is 2.37. The van der Waals surface area contributed by atoms with E-state index < -0.39 is 0 Å². The molecule has 0 saturated carbocycles. The molecule has 0 aliphatic rings. The first-order valence-electron chi connectivity index (χ1n) is 5.65. The van der Waals surface area contributed by atoms with E-state index in [9.17, 15) is 0 Å². The van der Waals surface area contributed by atoms with Gasteiger partial charge in [0.25, 0.3) is 0 Å². The molecule has 14 heavy (non-hydrogen) atoms. The summed E-state index contributed by atoms with van der Waals surface area (Å²) in [6.45, 7) is 13.8. The minimum absolute atomic E-state index is 0.653. The molecule has 1 N–H and O–H groups in total. The van der Waals surface area contributed by atoms with Crippen molar-refractivity contribution in [1.82, 2.24) is 10.2 Å². The molecule has 0 aromatic carbocycles. The van der Waals surface area contributed by atoms with Crippen molar-refractivity contribution in [3.05, 3.63) is 12.2 Å². The third kappa shape index (κ3) is 7.10. The highest BCUT2D eigenvalue weighted by Gasteiger charge is 2.01. The predicted octanol–water partition coefficient (Wildman–Crippen LogP) is 2.27. The number of nitrogens with one attached hydrogen (secondary N) is 1. The van der Waals surface area contributed by atoms with Crippen LogP contribution in [0.15, 0.2) is 12.2 Å². The fourth-order valence-corrected chi connectivity index (χ4v) is 1.10. The molecule has 0 spiro atoms. The highest BCUT2D eigenvalue weighted by molar-refractivity contribution is 4.94. The van der Waals surface area contributed by atoms with Crippen LogP contribution in [-0.4, -0.2) is 37.6 Å². The van der Waals surface area contributed by atoms with Crippen LogP contribution in [0.1, 0.15) is 33.6 Å². The highest BCUT2D eigenvalue weighted by Crippen LogP contribution is 1.95. The van der Waals surface area contributed by atoms with Crippen LogP contribution >= 0.6 is 0 Å². The van der Waals surface area contributed by atoms with Gasteiger partial charge in [0.1, 0.15) is 0 Å². The summed E-state index contributed by atoms with van der Waals surface area (Å²) in [5.41, 5.74) is 1.29. The minimum Gasteiger partial charge on any atom is -0.313 e. The van der Waals surface area contributed by atoms with E-state index in [1.165, 1.54) is 18.5 Å². The van der Waals surface area contributed by atoms with Crippen molar-refractivity contribution in [2.45, 2.75) is 39.7 Å². The molecule has 0 bridgehead atoms. The van der Waals surface area contributed by atoms with Crippen LogP contribution in [0.3, 0.4) is 0 Å². The minimum atomic E-state index is 0.653. The van der Waals surface area contributed by atoms with Gasteiger partial charge in [0.05, 0.1) is 0 Å². The molecule has 0 aliphatic carbocycles. The molecule has 0 aliphatic heterocycles. The van der Waals surface area contributed by atoms with Crippen LogP contribution in [0, 0.1) is 0 Å². The molecule has 0 unspecified atom stereocenters. The second kappa shape index (κ2) is 8.01. The Labute approximate surface area is 89.4 Å². The van der Waals surface area contributed by atoms with Crippen molar-refractivity contribution in [2.24, 2.45) is 0 Å². The number of nitrogens with zero attached hydrogens (tertiary/aromatic N) is 1. The summed E-state index contributed by atoms with van der Waals surface area (Å²) >= 11 is 0. The lowest BCUT2D eigenvalue weighted by Gasteiger charge is -2.20. The molecule has 0 aromatic rings. The van der Waals surface area contributed by atoms with Crippen molar-refractivity contribution >= 4 is 0 Å². The summed E-state index contributed by atoms with van der Waals surface area (Å²) in [7, 11) is 2.18. The van der Waals surface area contributed by atoms with Crippen molar-refractivity contribution < 1.29 is 0 Å². The molecule has 0 fully saturated rings. The lowest BCUT2D eigenvalue weighted by Crippen LogP contribution is -2.29. The van der Waals surface area contributed by atoms with Gasteiger partial charge in [-0.15, -0.1) is 0 Å². The summed E-state index contributed by atoms with van der Waals surface area (Å²) in [5.74, 6) is 0. The molecule has 0 amide bonds. The zero-order valence-corrected chi connectivity index (χ0v) is 10.3. The van der Waals surface area contributed by atoms with Gasteiger partial charge < -0.3 is 10.2 Å². The molecule has 0 rings (SSSR count). The van der Waals surface area contributed by atoms with Gasteiger partial charge >= 0.3 is 0 Å². The highest BCUT2D eigenvalue weighted by atomic mass is 15.1. The van der Waals surface area contributed by atoms with Gasteiger partial charge in [0.15, 0.2) is 0 Å². The van der Waals surface area contributed by atoms with Crippen LogP contribution in [0.4, 0.5) is 0 Å². The molecule has 2 heteroatoms. The van der Waals surface area contributed by atoms with Crippen LogP contribution in [0.25, 0.3) is 0 Å². The Bertz CT molecular complexity index is 152. The number of rotatable bonds is 8. The zero-order chi connectivity index (χ0) is 11.0. The van der Waals surface area contributed by atoms with Crippen LogP contribution in [-0.2, 0) is 0 Å². The maximum absolute atomic E-state index is 3.96. The lowest BCUT2D eigenvalue weighted by molar-refractivity contribution is 0.270. The van der Waals surface area contributed by atoms with Gasteiger partial charge in [-0.1, -0.05) is 19.1 Å². The van der Waals surface area contributed by atoms with Gasteiger partial charge in [-0.3, -0.25) is 0 Å². The predicted molar refractivity (Wildman–Crippen MR) is 64.7 cm³/mol. The molecule has 0 aromatic heterocycles. The van der Waals surface area contributed by atoms with E-state index in [1.54, 1.807) is 0 Å². The summed E-state index contributed by atoms with van der Waals surface area (Å²) in [5, 5.41) is 3.40. The first-order chi connectivity index (χ1) is 6.57. The fraction of sp³-hybridized carbons (Fsp3) is 0.833. The largest absolute Gasteiger partial charge is 0.313 e. The topological polar surface area (TPSA) is 15.3 Å². The van der Waals surface area contributed by atoms with Gasteiger partial charge in [0, 0.05) is 12.6 Å². The molecule has 84 valence electrons. The van der Waals surface area contributed by atoms with E-state index in [1.807, 2.05) is 0 Å². The Morgan fingerprint density at radius 2 is 2.07 bits per heavy atom. The number of hydrogen-bond donors (Lipinski definition) is 1. The van der Waals surface area contributed by atoms with Crippen molar-refractivity contribution in [3.8, 4) is 0 Å². The Hall–Kier alpha value is -0.340. The van der Waals surface area contributed by atoms with Crippen LogP contribution in [0.5, 0.6) is 0 Å². The van der Waals surface area contributed by atoms with Gasteiger partial charge in [0.2, 0.25) is 0 Å². The third-order valence-electron chi connectivity index (χ3n) is 2.62. The zero-order valence-electron chi connectivity index (χ0n) is 10.3. The first-order valence-corrected chi connectivity index (χ1v) is 5.65. The van der Waals surface area contributed by atoms with Crippen molar-refractivity contribution in [3.63, 3.8) is 0 Å². The smallest absolute Gasteiger partial charge is 0.0161 e.